The van der Waals surface area contributed by atoms with Gasteiger partial charge >= 0.3 is 0 Å². The molecule has 0 bridgehead atoms. The zero-order valence-electron chi connectivity index (χ0n) is 91.7. The van der Waals surface area contributed by atoms with Crippen LogP contribution in [0, 0.1) is 0 Å². The Morgan fingerprint density at radius 2 is 0.450 bits per heavy atom. The summed E-state index contributed by atoms with van der Waals surface area (Å²) in [6.45, 7) is 19.1. The number of fused-ring (bicyclic) bond motifs is 20. The zero-order valence-corrected chi connectivity index (χ0v) is 94.7. The van der Waals surface area contributed by atoms with E-state index in [0.29, 0.717) is 0 Å². The van der Waals surface area contributed by atoms with Gasteiger partial charge in [-0.25, -0.2) is 0 Å². The largest absolute Gasteiger partial charge is 0.363 e. The van der Waals surface area contributed by atoms with Crippen molar-refractivity contribution in [1.82, 2.24) is 8.47 Å². The Morgan fingerprint density at radius 3 is 0.846 bits per heavy atom. The third-order valence-corrected chi connectivity index (χ3v) is 50.3. The third-order valence-electron chi connectivity index (χ3n) is 35.1. The van der Waals surface area contributed by atoms with Crippen molar-refractivity contribution in [3.8, 4) is 22.3 Å². The second kappa shape index (κ2) is 49.6. The molecule has 0 saturated carbocycles. The van der Waals surface area contributed by atoms with E-state index in [1.54, 1.807) is 10.4 Å². The fourth-order valence-corrected chi connectivity index (χ4v) is 43.9. The molecule has 0 fully saturated rings. The quantitative estimate of drug-likeness (QED) is 0.0156. The van der Waals surface area contributed by atoms with Crippen LogP contribution in [0.2, 0.25) is 24.2 Å². The van der Waals surface area contributed by atoms with Gasteiger partial charge in [-0.05, 0) is 273 Å². The average Bonchev–Trinajstić information content (AvgIpc) is 1.64. The summed E-state index contributed by atoms with van der Waals surface area (Å²) in [7, 11) is -10.3. The predicted octanol–water partition coefficient (Wildman–Crippen LogP) is 39.6. The van der Waals surface area contributed by atoms with E-state index in [2.05, 4.69) is 391 Å². The summed E-state index contributed by atoms with van der Waals surface area (Å²) in [6.07, 6.45) is 49.2. The minimum atomic E-state index is -4.01. The summed E-state index contributed by atoms with van der Waals surface area (Å²) >= 11 is 0. The van der Waals surface area contributed by atoms with Gasteiger partial charge in [0.05, 0.1) is 0 Å². The van der Waals surface area contributed by atoms with Gasteiger partial charge in [-0.1, -0.05) is 553 Å². The number of rotatable bonds is 54. The number of nitrogens with zero attached hydrogens (tertiary/aromatic N) is 2. The second-order valence-corrected chi connectivity index (χ2v) is 56.8. The van der Waals surface area contributed by atoms with Crippen LogP contribution in [0.25, 0.3) is 152 Å². The van der Waals surface area contributed by atoms with E-state index < -0.39 is 24.5 Å². The molecule has 20 aromatic rings. The molecule has 0 N–H and O–H groups in total. The second-order valence-electron chi connectivity index (χ2n) is 45.0. The lowest BCUT2D eigenvalue weighted by atomic mass is 9.91. The number of para-hydroxylation sites is 2. The Bertz CT molecular complexity index is 7840. The molecule has 0 amide bonds. The molecule has 20 rings (SSSR count). The summed E-state index contributed by atoms with van der Waals surface area (Å²) in [5.41, 5.74) is 16.6. The van der Waals surface area contributed by atoms with Gasteiger partial charge in [-0.3, -0.25) is 0 Å². The van der Waals surface area contributed by atoms with Crippen LogP contribution in [-0.2, 0) is 25.7 Å². The maximum atomic E-state index is 3.19. The van der Waals surface area contributed by atoms with Gasteiger partial charge in [0.15, 0.2) is 24.5 Å². The lowest BCUT2D eigenvalue weighted by Gasteiger charge is -2.41. The van der Waals surface area contributed by atoms with Crippen LogP contribution in [0.1, 0.15) is 309 Å². The van der Waals surface area contributed by atoms with Crippen LogP contribution < -0.4 is 31.1 Å². The smallest absolute Gasteiger partial charge is 0.194 e. The third kappa shape index (κ3) is 21.2. The summed E-state index contributed by atoms with van der Waals surface area (Å²) in [5.74, 6) is 0. The van der Waals surface area contributed by atoms with Gasteiger partial charge in [-0.2, -0.15) is 0 Å². The van der Waals surface area contributed by atoms with Crippen molar-refractivity contribution in [2.75, 3.05) is 0 Å². The topological polar surface area (TPSA) is 9.86 Å². The molecule has 0 unspecified atom stereocenters. The van der Waals surface area contributed by atoms with Crippen molar-refractivity contribution in [3.63, 3.8) is 0 Å². The summed E-state index contributed by atoms with van der Waals surface area (Å²) in [4.78, 5) is 0. The number of aromatic nitrogens is 2. The van der Waals surface area contributed by atoms with Crippen LogP contribution in [0.15, 0.2) is 328 Å². The van der Waals surface area contributed by atoms with Crippen molar-refractivity contribution in [2.24, 2.45) is 0 Å². The van der Waals surface area contributed by atoms with Gasteiger partial charge in [-0.15, -0.1) is 0 Å². The van der Waals surface area contributed by atoms with E-state index in [1.807, 2.05) is 0 Å². The van der Waals surface area contributed by atoms with E-state index in [4.69, 9.17) is 0 Å². The molecule has 5 heteroatoms. The lowest BCUT2D eigenvalue weighted by Crippen LogP contribution is -2.75. The number of benzene rings is 18. The molecule has 0 radical (unpaired) electrons. The van der Waals surface area contributed by atoms with E-state index in [-0.39, 0.29) is 0 Å². The van der Waals surface area contributed by atoms with Crippen molar-refractivity contribution in [2.45, 2.75) is 336 Å². The van der Waals surface area contributed by atoms with Crippen LogP contribution >= 0.6 is 0 Å². The molecule has 0 aliphatic heterocycles. The highest BCUT2D eigenvalue weighted by molar-refractivity contribution is 7.22. The molecule has 149 heavy (non-hydrogen) atoms. The van der Waals surface area contributed by atoms with Gasteiger partial charge in [0.25, 0.3) is 0 Å². The first-order valence-corrected chi connectivity index (χ1v) is 66.4. The fourth-order valence-electron chi connectivity index (χ4n) is 27.7. The van der Waals surface area contributed by atoms with E-state index in [9.17, 15) is 0 Å². The Morgan fingerprint density at radius 1 is 0.168 bits per heavy atom. The molecular weight excluding hydrogens is 1840 g/mol. The van der Waals surface area contributed by atoms with E-state index >= 15 is 0 Å². The summed E-state index contributed by atoms with van der Waals surface area (Å²) in [6, 6.07) is 142. The summed E-state index contributed by atoms with van der Waals surface area (Å²) < 4.78 is 6.36. The first-order valence-electron chi connectivity index (χ1n) is 59.7. The van der Waals surface area contributed by atoms with Crippen molar-refractivity contribution in [1.29, 1.82) is 0 Å². The van der Waals surface area contributed by atoms with Crippen molar-refractivity contribution in [3.05, 3.63) is 350 Å². The van der Waals surface area contributed by atoms with Crippen molar-refractivity contribution >= 4 is 185 Å². The molecule has 0 aliphatic carbocycles. The van der Waals surface area contributed by atoms with Crippen LogP contribution in [0.4, 0.5) is 0 Å². The monoisotopic (exact) mass is 2010 g/mol. The molecular formula is C144H166N2Si3. The molecule has 2 nitrogen and oxygen atoms in total. The van der Waals surface area contributed by atoms with Crippen molar-refractivity contribution < 1.29 is 0 Å². The Balaban J connectivity index is 0.984. The Kier molecular flexibility index (Phi) is 34.7. The standard InChI is InChI=1S/C144H166N2Si3/c1-9-17-23-29-35-55-99-147(100-56-36-30-24-18-10-2,145-135-73-53-51-71-125(135)133-103-107(75-93-137(133)145)61-41-33-27-21-13-5)139-95-98-142(144-128-90-86-122-120-70-50-48-68-118(120)114(60-16-8)106-132(122)124(128)87-91-129(139)144)149(115-81-77-111(78-82-115)109-63-43-39-44-64-109,116-83-79-112(80-84-116)110-65-45-40-46-66-110)140-96-97-141(143-127-89-85-121-119-69-49-47-67-117(119)113(59-15-7)105-131(121)123(127)88-92-130(140)143)148(101-57-37-31-25-19-11-3,102-58-38-32-26-20-12-4)146-136-74-54-52-72-126(136)134-104-108(76-94-138(134)146)62-42-34-28-22-14-6/h39-40,43-54,63-98,103-106H,9-38,41-42,55-62,99-102H2,1-8H3. The molecule has 0 aliphatic rings. The maximum absolute atomic E-state index is 4.01. The normalized spacial score (nSPS) is 12.4. The highest BCUT2D eigenvalue weighted by atomic mass is 28.3. The van der Waals surface area contributed by atoms with Gasteiger partial charge in [0.1, 0.15) is 0 Å². The average molecular weight is 2010 g/mol. The Labute approximate surface area is 895 Å². The SMILES string of the molecule is CCCCCCCC[Si](CCCCCCCC)(c1ccc([Si](c2ccc(-c3ccccc3)cc2)(c2ccc(-c3ccccc3)cc2)c2ccc([Si](CCCCCCCC)(CCCCCCCC)n3c4ccccc4c4cc(CCCCCCC)ccc43)c3c2ccc2c4cc(CCC)c5ccccc5c4ccc23)c2c1ccc1c3cc(CCC)c4ccccc4c3ccc12)n1c2ccccc2c2cc(CCCCCCC)ccc21. The van der Waals surface area contributed by atoms with Gasteiger partial charge in [0, 0.05) is 43.6 Å². The minimum absolute atomic E-state index is 1.01. The summed E-state index contributed by atoms with van der Waals surface area (Å²) in [5, 5.41) is 37.0. The van der Waals surface area contributed by atoms with Crippen LogP contribution in [0.5, 0.6) is 0 Å². The molecule has 0 spiro atoms. The molecule has 2 aromatic heterocycles. The molecule has 0 atom stereocenters. The molecule has 2 heterocycles. The number of unbranched alkanes of at least 4 members (excludes halogenated alkanes) is 28. The number of hydrogen-bond acceptors (Lipinski definition) is 0. The zero-order chi connectivity index (χ0) is 102. The maximum Gasteiger partial charge on any atom is 0.194 e. The van der Waals surface area contributed by atoms with Gasteiger partial charge < -0.3 is 8.47 Å². The molecule has 18 aromatic carbocycles. The van der Waals surface area contributed by atoms with Crippen LogP contribution in [-0.4, -0.2) is 33.0 Å². The lowest BCUT2D eigenvalue weighted by molar-refractivity contribution is 0.614. The van der Waals surface area contributed by atoms with Crippen LogP contribution in [0.3, 0.4) is 0 Å². The fraction of sp³-hybridized carbons (Fsp3) is 0.361. The first-order chi connectivity index (χ1) is 73.6. The number of aryl methyl sites for hydroxylation is 4. The predicted molar refractivity (Wildman–Crippen MR) is 667 cm³/mol. The molecule has 0 saturated heterocycles. The number of hydrogen-bond donors (Lipinski definition) is 0. The van der Waals surface area contributed by atoms with E-state index in [0.717, 1.165) is 50.6 Å². The molecule has 764 valence electrons. The highest BCUT2D eigenvalue weighted by Gasteiger charge is 2.49. The van der Waals surface area contributed by atoms with Gasteiger partial charge in [0.2, 0.25) is 0 Å². The Hall–Kier alpha value is -11.7. The highest BCUT2D eigenvalue weighted by Crippen LogP contribution is 2.47. The first kappa shape index (κ1) is 104. The minimum Gasteiger partial charge on any atom is -0.363 e. The van der Waals surface area contributed by atoms with E-state index in [1.165, 1.54) is 425 Å².